The van der Waals surface area contributed by atoms with Crippen LogP contribution in [0.5, 0.6) is 0 Å². The van der Waals surface area contributed by atoms with Gasteiger partial charge in [0, 0.05) is 6.42 Å². The van der Waals surface area contributed by atoms with Crippen LogP contribution in [0, 0.1) is 5.92 Å². The van der Waals surface area contributed by atoms with Crippen molar-refractivity contribution in [1.29, 1.82) is 0 Å². The average molecular weight is 444 g/mol. The molecule has 0 aromatic rings. The molecule has 0 aliphatic heterocycles. The lowest BCUT2D eigenvalue weighted by molar-refractivity contribution is -0.142. The highest BCUT2D eigenvalue weighted by atomic mass is 16.4. The van der Waals surface area contributed by atoms with Gasteiger partial charge in [0.2, 0.25) is 29.5 Å². The third-order valence-corrected chi connectivity index (χ3v) is 4.14. The highest BCUT2D eigenvalue weighted by Crippen LogP contribution is 2.05. The molecule has 4 unspecified atom stereocenters. The van der Waals surface area contributed by atoms with E-state index in [2.05, 4.69) is 16.0 Å². The van der Waals surface area contributed by atoms with Crippen LogP contribution >= 0.6 is 0 Å². The number of carboxylic acids is 1. The predicted octanol–water partition coefficient (Wildman–Crippen LogP) is -2.94. The van der Waals surface area contributed by atoms with Gasteiger partial charge in [-0.3, -0.25) is 28.8 Å². The summed E-state index contributed by atoms with van der Waals surface area (Å²) < 4.78 is 0. The van der Waals surface area contributed by atoms with Crippen molar-refractivity contribution in [2.45, 2.75) is 70.6 Å². The molecule has 176 valence electrons. The van der Waals surface area contributed by atoms with E-state index < -0.39 is 66.1 Å². The van der Waals surface area contributed by atoms with Gasteiger partial charge in [-0.1, -0.05) is 13.8 Å². The van der Waals surface area contributed by atoms with Crippen molar-refractivity contribution >= 4 is 35.5 Å². The Hall–Kier alpha value is -3.22. The fraction of sp³-hybridized carbons (Fsp3) is 0.667. The molecule has 5 amide bonds. The summed E-state index contributed by atoms with van der Waals surface area (Å²) in [5.41, 5.74) is 16.0. The van der Waals surface area contributed by atoms with Gasteiger partial charge in [0.15, 0.2) is 0 Å². The Morgan fingerprint density at radius 1 is 0.806 bits per heavy atom. The van der Waals surface area contributed by atoms with Crippen LogP contribution in [0.3, 0.4) is 0 Å². The number of carbonyl (C=O) groups is 6. The highest BCUT2D eigenvalue weighted by molar-refractivity contribution is 5.96. The zero-order valence-electron chi connectivity index (χ0n) is 17.8. The van der Waals surface area contributed by atoms with E-state index in [0.717, 1.165) is 0 Å². The molecule has 0 rings (SSSR count). The molecule has 0 bridgehead atoms. The first kappa shape index (κ1) is 27.8. The lowest BCUT2D eigenvalue weighted by atomic mass is 10.0. The van der Waals surface area contributed by atoms with Gasteiger partial charge in [-0.2, -0.15) is 0 Å². The minimum absolute atomic E-state index is 0.0993. The fourth-order valence-electron chi connectivity index (χ4n) is 2.51. The van der Waals surface area contributed by atoms with Gasteiger partial charge >= 0.3 is 5.97 Å². The summed E-state index contributed by atoms with van der Waals surface area (Å²) in [5.74, 6) is -5.36. The molecule has 0 spiro atoms. The standard InChI is InChI=1S/C18H32N6O7/c1-8(2)6-10(19)15(27)24-12(7-14(21)26)17(29)23-11(4-5-13(20)25)16(28)22-9(3)18(30)31/h8-12H,4-7,19H2,1-3H3,(H2,20,25)(H2,21,26)(H,22,28)(H,23,29)(H,24,27)(H,30,31). The summed E-state index contributed by atoms with van der Waals surface area (Å²) in [6.07, 6.45) is -0.760. The van der Waals surface area contributed by atoms with Gasteiger partial charge in [-0.05, 0) is 25.7 Å². The SMILES string of the molecule is CC(C)CC(N)C(=O)NC(CC(N)=O)C(=O)NC(CCC(N)=O)C(=O)NC(C)C(=O)O. The van der Waals surface area contributed by atoms with Crippen LogP contribution in [0.2, 0.25) is 0 Å². The van der Waals surface area contributed by atoms with E-state index in [1.165, 1.54) is 6.92 Å². The highest BCUT2D eigenvalue weighted by Gasteiger charge is 2.30. The molecule has 0 aromatic heterocycles. The molecular formula is C18H32N6O7. The van der Waals surface area contributed by atoms with E-state index >= 15 is 0 Å². The molecular weight excluding hydrogens is 412 g/mol. The first-order valence-corrected chi connectivity index (χ1v) is 9.70. The fourth-order valence-corrected chi connectivity index (χ4v) is 2.51. The Labute approximate surface area is 179 Å². The van der Waals surface area contributed by atoms with Crippen molar-refractivity contribution in [3.8, 4) is 0 Å². The minimum Gasteiger partial charge on any atom is -0.480 e. The third kappa shape index (κ3) is 11.5. The molecule has 0 aliphatic carbocycles. The van der Waals surface area contributed by atoms with Gasteiger partial charge in [-0.25, -0.2) is 0 Å². The number of aliphatic carboxylic acids is 1. The number of nitrogens with two attached hydrogens (primary N) is 3. The normalized spacial score (nSPS) is 14.6. The molecule has 13 heteroatoms. The minimum atomic E-state index is -1.43. The van der Waals surface area contributed by atoms with E-state index in [9.17, 15) is 28.8 Å². The maximum absolute atomic E-state index is 12.7. The third-order valence-electron chi connectivity index (χ3n) is 4.14. The van der Waals surface area contributed by atoms with Crippen molar-refractivity contribution in [1.82, 2.24) is 16.0 Å². The second-order valence-electron chi connectivity index (χ2n) is 7.60. The van der Waals surface area contributed by atoms with Crippen molar-refractivity contribution in [3.05, 3.63) is 0 Å². The number of nitrogens with one attached hydrogen (secondary N) is 3. The molecule has 0 aromatic carbocycles. The Kier molecular flexibility index (Phi) is 11.8. The van der Waals surface area contributed by atoms with Gasteiger partial charge in [0.05, 0.1) is 12.5 Å². The quantitative estimate of drug-likeness (QED) is 0.146. The number of amides is 5. The summed E-state index contributed by atoms with van der Waals surface area (Å²) in [7, 11) is 0. The van der Waals surface area contributed by atoms with E-state index in [-0.39, 0.29) is 18.8 Å². The Balaban J connectivity index is 5.42. The second kappa shape index (κ2) is 13.2. The number of carboxylic acid groups (broad SMARTS) is 1. The Morgan fingerprint density at radius 2 is 1.32 bits per heavy atom. The lowest BCUT2D eigenvalue weighted by Gasteiger charge is -2.24. The van der Waals surface area contributed by atoms with E-state index in [4.69, 9.17) is 22.3 Å². The second-order valence-corrected chi connectivity index (χ2v) is 7.60. The van der Waals surface area contributed by atoms with Crippen molar-refractivity contribution < 1.29 is 33.9 Å². The molecule has 10 N–H and O–H groups in total. The zero-order valence-corrected chi connectivity index (χ0v) is 17.8. The number of hydrogen-bond acceptors (Lipinski definition) is 7. The molecule has 31 heavy (non-hydrogen) atoms. The molecule has 0 aliphatic rings. The monoisotopic (exact) mass is 444 g/mol. The van der Waals surface area contributed by atoms with Crippen LogP contribution in [-0.4, -0.2) is 64.8 Å². The van der Waals surface area contributed by atoms with E-state index in [1.807, 2.05) is 13.8 Å². The zero-order chi connectivity index (χ0) is 24.3. The number of carbonyl (C=O) groups excluding carboxylic acids is 5. The first-order chi connectivity index (χ1) is 14.2. The maximum Gasteiger partial charge on any atom is 0.325 e. The van der Waals surface area contributed by atoms with Crippen LogP contribution in [0.1, 0.15) is 46.5 Å². The Bertz CT molecular complexity index is 697. The maximum atomic E-state index is 12.7. The van der Waals surface area contributed by atoms with Crippen molar-refractivity contribution in [3.63, 3.8) is 0 Å². The summed E-state index contributed by atoms with van der Waals surface area (Å²) in [6.45, 7) is 4.90. The predicted molar refractivity (Wildman–Crippen MR) is 109 cm³/mol. The molecule has 0 radical (unpaired) electrons. The van der Waals surface area contributed by atoms with Crippen molar-refractivity contribution in [2.24, 2.45) is 23.1 Å². The number of rotatable bonds is 14. The molecule has 0 fully saturated rings. The average Bonchev–Trinajstić information content (AvgIpc) is 2.62. The van der Waals surface area contributed by atoms with Crippen LogP contribution in [0.25, 0.3) is 0 Å². The topological polar surface area (TPSA) is 237 Å². The largest absolute Gasteiger partial charge is 0.480 e. The molecule has 0 saturated carbocycles. The summed E-state index contributed by atoms with van der Waals surface area (Å²) >= 11 is 0. The van der Waals surface area contributed by atoms with Gasteiger partial charge in [0.1, 0.15) is 18.1 Å². The van der Waals surface area contributed by atoms with Crippen LogP contribution in [-0.2, 0) is 28.8 Å². The first-order valence-electron chi connectivity index (χ1n) is 9.70. The number of hydrogen-bond donors (Lipinski definition) is 7. The molecule has 0 saturated heterocycles. The van der Waals surface area contributed by atoms with Gasteiger partial charge in [0.25, 0.3) is 0 Å². The van der Waals surface area contributed by atoms with Crippen LogP contribution < -0.4 is 33.2 Å². The summed E-state index contributed by atoms with van der Waals surface area (Å²) in [5, 5.41) is 15.7. The smallest absolute Gasteiger partial charge is 0.325 e. The Morgan fingerprint density at radius 3 is 1.77 bits per heavy atom. The molecule has 4 atom stereocenters. The lowest BCUT2D eigenvalue weighted by Crippen LogP contribution is -2.57. The number of primary amides is 2. The van der Waals surface area contributed by atoms with Gasteiger partial charge < -0.3 is 38.3 Å². The van der Waals surface area contributed by atoms with Crippen LogP contribution in [0.4, 0.5) is 0 Å². The van der Waals surface area contributed by atoms with Gasteiger partial charge in [-0.15, -0.1) is 0 Å². The molecule has 13 nitrogen and oxygen atoms in total. The summed E-state index contributed by atoms with van der Waals surface area (Å²) in [6, 6.07) is -4.98. The van der Waals surface area contributed by atoms with E-state index in [0.29, 0.717) is 6.42 Å². The van der Waals surface area contributed by atoms with Crippen LogP contribution in [0.15, 0.2) is 0 Å². The summed E-state index contributed by atoms with van der Waals surface area (Å²) in [4.78, 5) is 70.7. The van der Waals surface area contributed by atoms with E-state index in [1.54, 1.807) is 0 Å². The van der Waals surface area contributed by atoms with Crippen molar-refractivity contribution in [2.75, 3.05) is 0 Å². The molecule has 0 heterocycles.